The molecule has 1 heterocycles. The van der Waals surface area contributed by atoms with Crippen molar-refractivity contribution in [3.05, 3.63) is 23.0 Å². The first-order valence-corrected chi connectivity index (χ1v) is 8.53. The topological polar surface area (TPSA) is 79.3 Å². The average molecular weight is 319 g/mol. The normalized spacial score (nSPS) is 18.9. The molecule has 0 amide bonds. The Morgan fingerprint density at radius 1 is 1.40 bits per heavy atom. The Morgan fingerprint density at radius 3 is 2.65 bits per heavy atom. The number of halogens is 1. The van der Waals surface area contributed by atoms with Gasteiger partial charge >= 0.3 is 0 Å². The van der Waals surface area contributed by atoms with Crippen LogP contribution in [0.4, 0.5) is 0 Å². The van der Waals surface area contributed by atoms with Crippen molar-refractivity contribution in [3.63, 3.8) is 0 Å². The molecule has 1 saturated carbocycles. The van der Waals surface area contributed by atoms with Gasteiger partial charge in [-0.3, -0.25) is 0 Å². The zero-order valence-electron chi connectivity index (χ0n) is 11.4. The van der Waals surface area contributed by atoms with Crippen molar-refractivity contribution in [2.45, 2.75) is 49.5 Å². The first-order chi connectivity index (χ1) is 9.32. The third-order valence-electron chi connectivity index (χ3n) is 3.68. The third-order valence-corrected chi connectivity index (χ3v) is 5.44. The molecule has 1 aliphatic carbocycles. The Morgan fingerprint density at radius 2 is 2.05 bits per heavy atom. The summed E-state index contributed by atoms with van der Waals surface area (Å²) >= 11 is 5.79. The fraction of sp³-hybridized carbons (Fsp3) is 0.615. The molecule has 2 rings (SSSR count). The Hall–Kier alpha value is -0.690. The number of aromatic nitrogens is 1. The van der Waals surface area contributed by atoms with E-state index in [4.69, 9.17) is 11.6 Å². The maximum Gasteiger partial charge on any atom is 0.242 e. The predicted octanol–water partition coefficient (Wildman–Crippen LogP) is 2.02. The number of hydrogen-bond acceptors (Lipinski definition) is 4. The molecular weight excluding hydrogens is 300 g/mol. The van der Waals surface area contributed by atoms with E-state index in [0.717, 1.165) is 19.3 Å². The summed E-state index contributed by atoms with van der Waals surface area (Å²) < 4.78 is 26.8. The number of pyridine rings is 1. The Bertz CT molecular complexity index is 583. The fourth-order valence-corrected chi connectivity index (χ4v) is 3.63. The van der Waals surface area contributed by atoms with Crippen LogP contribution in [0.3, 0.4) is 0 Å². The minimum Gasteiger partial charge on any atom is -0.389 e. The molecular formula is C13H19ClN2O3S. The van der Waals surface area contributed by atoms with Crippen molar-refractivity contribution in [1.29, 1.82) is 0 Å². The van der Waals surface area contributed by atoms with Crippen LogP contribution in [0.5, 0.6) is 0 Å². The lowest BCUT2D eigenvalue weighted by molar-refractivity contribution is 0.00945. The molecule has 0 saturated heterocycles. The smallest absolute Gasteiger partial charge is 0.242 e. The van der Waals surface area contributed by atoms with Crippen LogP contribution in [-0.2, 0) is 10.0 Å². The third kappa shape index (κ3) is 3.69. The van der Waals surface area contributed by atoms with Crippen molar-refractivity contribution in [2.75, 3.05) is 6.54 Å². The van der Waals surface area contributed by atoms with Crippen molar-refractivity contribution < 1.29 is 13.5 Å². The molecule has 7 heteroatoms. The lowest BCUT2D eigenvalue weighted by atomic mass is 9.85. The van der Waals surface area contributed by atoms with Gasteiger partial charge in [0.2, 0.25) is 10.0 Å². The van der Waals surface area contributed by atoms with Gasteiger partial charge in [0, 0.05) is 12.7 Å². The number of nitrogens with zero attached hydrogens (tertiary/aromatic N) is 1. The second-order valence-corrected chi connectivity index (χ2v) is 7.51. The van der Waals surface area contributed by atoms with Crippen LogP contribution in [0.15, 0.2) is 17.2 Å². The van der Waals surface area contributed by atoms with Crippen LogP contribution in [0, 0.1) is 6.92 Å². The Balaban J connectivity index is 2.09. The van der Waals surface area contributed by atoms with Gasteiger partial charge in [-0.2, -0.15) is 0 Å². The van der Waals surface area contributed by atoms with Crippen LogP contribution in [0.1, 0.15) is 37.7 Å². The summed E-state index contributed by atoms with van der Waals surface area (Å²) in [5.74, 6) is 0. The number of sulfonamides is 1. The lowest BCUT2D eigenvalue weighted by Gasteiger charge is -2.32. The highest BCUT2D eigenvalue weighted by Gasteiger charge is 2.31. The monoisotopic (exact) mass is 318 g/mol. The van der Waals surface area contributed by atoms with Crippen molar-refractivity contribution in [3.8, 4) is 0 Å². The van der Waals surface area contributed by atoms with E-state index in [1.54, 1.807) is 6.92 Å². The lowest BCUT2D eigenvalue weighted by Crippen LogP contribution is -2.44. The molecule has 0 aromatic carbocycles. The van der Waals surface area contributed by atoms with Gasteiger partial charge in [-0.15, -0.1) is 0 Å². The van der Waals surface area contributed by atoms with Gasteiger partial charge in [-0.25, -0.2) is 18.1 Å². The molecule has 0 spiro atoms. The second kappa shape index (κ2) is 5.97. The molecule has 0 aliphatic heterocycles. The quantitative estimate of drug-likeness (QED) is 0.832. The van der Waals surface area contributed by atoms with Crippen LogP contribution in [-0.4, -0.2) is 30.7 Å². The van der Waals surface area contributed by atoms with E-state index < -0.39 is 15.6 Å². The number of hydrogen-bond donors (Lipinski definition) is 2. The van der Waals surface area contributed by atoms with Gasteiger partial charge in [0.05, 0.1) is 5.60 Å². The minimum atomic E-state index is -3.67. The fourth-order valence-electron chi connectivity index (χ4n) is 2.38. The maximum atomic E-state index is 12.2. The highest BCUT2D eigenvalue weighted by molar-refractivity contribution is 7.89. The summed E-state index contributed by atoms with van der Waals surface area (Å²) in [4.78, 5) is 3.91. The van der Waals surface area contributed by atoms with Gasteiger partial charge in [0.25, 0.3) is 0 Å². The molecule has 1 aromatic rings. The standard InChI is InChI=1S/C13H19ClN2O3S/c1-10-7-11(8-15-12(10)14)20(18,19)16-9-13(17)5-3-2-4-6-13/h7-8,16-17H,2-6,9H2,1H3. The largest absolute Gasteiger partial charge is 0.389 e. The van der Waals surface area contributed by atoms with Crippen molar-refractivity contribution >= 4 is 21.6 Å². The SMILES string of the molecule is Cc1cc(S(=O)(=O)NCC2(O)CCCCC2)cnc1Cl. The second-order valence-electron chi connectivity index (χ2n) is 5.39. The average Bonchev–Trinajstić information content (AvgIpc) is 2.41. The van der Waals surface area contributed by atoms with Gasteiger partial charge in [0.15, 0.2) is 0 Å². The number of nitrogens with one attached hydrogen (secondary N) is 1. The molecule has 0 unspecified atom stereocenters. The Kier molecular flexibility index (Phi) is 4.69. The van der Waals surface area contributed by atoms with Crippen LogP contribution < -0.4 is 4.72 Å². The molecule has 2 N–H and O–H groups in total. The van der Waals surface area contributed by atoms with Gasteiger partial charge in [0.1, 0.15) is 10.0 Å². The molecule has 0 radical (unpaired) electrons. The minimum absolute atomic E-state index is 0.0387. The van der Waals surface area contributed by atoms with Crippen LogP contribution in [0.25, 0.3) is 0 Å². The van der Waals surface area contributed by atoms with Crippen LogP contribution >= 0.6 is 11.6 Å². The zero-order chi connectivity index (χ0) is 14.8. The number of rotatable bonds is 4. The van der Waals surface area contributed by atoms with E-state index in [9.17, 15) is 13.5 Å². The van der Waals surface area contributed by atoms with Gasteiger partial charge in [-0.1, -0.05) is 30.9 Å². The first-order valence-electron chi connectivity index (χ1n) is 6.67. The van der Waals surface area contributed by atoms with Crippen LogP contribution in [0.2, 0.25) is 5.15 Å². The molecule has 1 fully saturated rings. The van der Waals surface area contributed by atoms with E-state index in [1.165, 1.54) is 12.3 Å². The number of aliphatic hydroxyl groups is 1. The maximum absolute atomic E-state index is 12.2. The predicted molar refractivity (Wildman–Crippen MR) is 77.2 cm³/mol. The Labute approximate surface area is 124 Å². The summed E-state index contributed by atoms with van der Waals surface area (Å²) in [6.45, 7) is 1.74. The van der Waals surface area contributed by atoms with E-state index >= 15 is 0 Å². The molecule has 5 nitrogen and oxygen atoms in total. The zero-order valence-corrected chi connectivity index (χ0v) is 13.0. The first kappa shape index (κ1) is 15.7. The van der Waals surface area contributed by atoms with Crippen molar-refractivity contribution in [2.24, 2.45) is 0 Å². The molecule has 20 heavy (non-hydrogen) atoms. The molecule has 1 aromatic heterocycles. The molecule has 1 aliphatic rings. The van der Waals surface area contributed by atoms with Gasteiger partial charge in [-0.05, 0) is 31.4 Å². The number of aryl methyl sites for hydroxylation is 1. The summed E-state index contributed by atoms with van der Waals surface area (Å²) in [7, 11) is -3.67. The summed E-state index contributed by atoms with van der Waals surface area (Å²) in [5.41, 5.74) is -0.328. The van der Waals surface area contributed by atoms with E-state index in [0.29, 0.717) is 18.4 Å². The molecule has 112 valence electrons. The molecule has 0 bridgehead atoms. The molecule has 0 atom stereocenters. The summed E-state index contributed by atoms with van der Waals surface area (Å²) in [5, 5.41) is 10.6. The summed E-state index contributed by atoms with van der Waals surface area (Å²) in [6, 6.07) is 1.47. The highest BCUT2D eigenvalue weighted by atomic mass is 35.5. The van der Waals surface area contributed by atoms with E-state index in [-0.39, 0.29) is 16.6 Å². The highest BCUT2D eigenvalue weighted by Crippen LogP contribution is 2.27. The van der Waals surface area contributed by atoms with E-state index in [1.807, 2.05) is 0 Å². The summed E-state index contributed by atoms with van der Waals surface area (Å²) in [6.07, 6.45) is 5.44. The van der Waals surface area contributed by atoms with Crippen molar-refractivity contribution in [1.82, 2.24) is 9.71 Å². The van der Waals surface area contributed by atoms with Gasteiger partial charge < -0.3 is 5.11 Å². The van der Waals surface area contributed by atoms with E-state index in [2.05, 4.69) is 9.71 Å².